The summed E-state index contributed by atoms with van der Waals surface area (Å²) >= 11 is 0. The van der Waals surface area contributed by atoms with Crippen LogP contribution in [0.4, 0.5) is 0 Å². The van der Waals surface area contributed by atoms with E-state index in [1.54, 1.807) is 48.5 Å². The number of hydrazine groups is 1. The minimum absolute atomic E-state index is 0.0664. The Morgan fingerprint density at radius 2 is 1.54 bits per heavy atom. The lowest BCUT2D eigenvalue weighted by atomic mass is 10.1. The highest BCUT2D eigenvalue weighted by Gasteiger charge is 2.24. The van der Waals surface area contributed by atoms with Gasteiger partial charge in [-0.05, 0) is 31.0 Å². The Balaban J connectivity index is 1.69. The Morgan fingerprint density at radius 3 is 2.25 bits per heavy atom. The van der Waals surface area contributed by atoms with E-state index >= 15 is 0 Å². The summed E-state index contributed by atoms with van der Waals surface area (Å²) in [5.74, 6) is -0.818. The summed E-state index contributed by atoms with van der Waals surface area (Å²) in [7, 11) is 0. The third-order valence-electron chi connectivity index (χ3n) is 5.05. The average Bonchev–Trinajstić information content (AvgIpc) is 3.28. The molecule has 0 radical (unpaired) electrons. The van der Waals surface area contributed by atoms with Gasteiger partial charge in [0.1, 0.15) is 0 Å². The second kappa shape index (κ2) is 7.64. The van der Waals surface area contributed by atoms with E-state index in [0.29, 0.717) is 16.5 Å². The fraction of sp³-hybridized carbons (Fsp3) is 0.238. The monoisotopic (exact) mass is 376 g/mol. The van der Waals surface area contributed by atoms with E-state index in [-0.39, 0.29) is 23.1 Å². The number of benzene rings is 2. The van der Waals surface area contributed by atoms with E-state index in [2.05, 4.69) is 16.0 Å². The first-order valence-corrected chi connectivity index (χ1v) is 9.33. The fourth-order valence-corrected chi connectivity index (χ4v) is 3.57. The van der Waals surface area contributed by atoms with Gasteiger partial charge < -0.3 is 0 Å². The van der Waals surface area contributed by atoms with Gasteiger partial charge in [0.2, 0.25) is 5.91 Å². The Kier molecular flexibility index (Phi) is 4.89. The molecule has 1 fully saturated rings. The standard InChI is InChI=1S/C21H20N4O3/c26-19(14-8-4-5-9-14)22-23-20(27)18-16-12-6-7-13-17(16)21(28)25(24-18)15-10-2-1-3-11-15/h1-3,6-7,10-14H,4-5,8-9H2,(H,22,26)(H,23,27). The minimum atomic E-state index is -0.563. The van der Waals surface area contributed by atoms with Crippen molar-refractivity contribution >= 4 is 22.6 Å². The Hall–Kier alpha value is -3.48. The van der Waals surface area contributed by atoms with E-state index < -0.39 is 5.91 Å². The number of carbonyl (C=O) groups excluding carboxylic acids is 2. The highest BCUT2D eigenvalue weighted by molar-refractivity contribution is 6.05. The lowest BCUT2D eigenvalue weighted by Gasteiger charge is -2.13. The number of nitrogens with one attached hydrogen (secondary N) is 2. The van der Waals surface area contributed by atoms with Crippen LogP contribution < -0.4 is 16.4 Å². The molecule has 1 heterocycles. The van der Waals surface area contributed by atoms with Crippen molar-refractivity contribution in [2.45, 2.75) is 25.7 Å². The number of aromatic nitrogens is 2. The molecule has 0 atom stereocenters. The van der Waals surface area contributed by atoms with Crippen molar-refractivity contribution in [2.75, 3.05) is 0 Å². The number of para-hydroxylation sites is 1. The van der Waals surface area contributed by atoms with Gasteiger partial charge in [0.25, 0.3) is 11.5 Å². The molecule has 0 aliphatic heterocycles. The van der Waals surface area contributed by atoms with Crippen molar-refractivity contribution in [1.29, 1.82) is 0 Å². The van der Waals surface area contributed by atoms with E-state index in [4.69, 9.17) is 0 Å². The van der Waals surface area contributed by atoms with Crippen LogP contribution in [-0.2, 0) is 4.79 Å². The first kappa shape index (κ1) is 17.9. The predicted octanol–water partition coefficient (Wildman–Crippen LogP) is 2.34. The van der Waals surface area contributed by atoms with Crippen molar-refractivity contribution in [3.05, 3.63) is 70.6 Å². The number of carbonyl (C=O) groups is 2. The van der Waals surface area contributed by atoms with Crippen LogP contribution in [0.3, 0.4) is 0 Å². The molecule has 1 aliphatic rings. The molecule has 0 unspecified atom stereocenters. The van der Waals surface area contributed by atoms with Gasteiger partial charge in [-0.2, -0.15) is 9.78 Å². The lowest BCUT2D eigenvalue weighted by Crippen LogP contribution is -2.45. The summed E-state index contributed by atoms with van der Waals surface area (Å²) in [4.78, 5) is 37.8. The van der Waals surface area contributed by atoms with Gasteiger partial charge in [-0.25, -0.2) is 0 Å². The molecule has 2 aromatic carbocycles. The number of nitrogens with zero attached hydrogens (tertiary/aromatic N) is 2. The highest BCUT2D eigenvalue weighted by atomic mass is 16.2. The molecule has 2 N–H and O–H groups in total. The third-order valence-corrected chi connectivity index (χ3v) is 5.05. The number of hydrogen-bond acceptors (Lipinski definition) is 4. The van der Waals surface area contributed by atoms with Gasteiger partial charge in [-0.3, -0.25) is 25.2 Å². The van der Waals surface area contributed by atoms with Crippen LogP contribution >= 0.6 is 0 Å². The summed E-state index contributed by atoms with van der Waals surface area (Å²) in [5.41, 5.74) is 5.27. The van der Waals surface area contributed by atoms with E-state index in [1.807, 2.05) is 6.07 Å². The lowest BCUT2D eigenvalue weighted by molar-refractivity contribution is -0.125. The summed E-state index contributed by atoms with van der Waals surface area (Å²) < 4.78 is 1.20. The maximum atomic E-state index is 12.8. The van der Waals surface area contributed by atoms with Crippen LogP contribution in [0.5, 0.6) is 0 Å². The highest BCUT2D eigenvalue weighted by Crippen LogP contribution is 2.24. The van der Waals surface area contributed by atoms with E-state index in [0.717, 1.165) is 25.7 Å². The van der Waals surface area contributed by atoms with Crippen LogP contribution in [0.1, 0.15) is 36.2 Å². The topological polar surface area (TPSA) is 93.1 Å². The molecule has 7 heteroatoms. The molecule has 1 aliphatic carbocycles. The van der Waals surface area contributed by atoms with Crippen LogP contribution in [0.25, 0.3) is 16.5 Å². The second-order valence-electron chi connectivity index (χ2n) is 6.87. The molecule has 3 aromatic rings. The zero-order valence-electron chi connectivity index (χ0n) is 15.2. The second-order valence-corrected chi connectivity index (χ2v) is 6.87. The van der Waals surface area contributed by atoms with Crippen LogP contribution in [0, 0.1) is 5.92 Å². The Labute approximate surface area is 161 Å². The van der Waals surface area contributed by atoms with Gasteiger partial charge in [-0.15, -0.1) is 0 Å². The molecule has 4 rings (SSSR count). The van der Waals surface area contributed by atoms with Gasteiger partial charge in [0, 0.05) is 11.3 Å². The normalized spacial score (nSPS) is 14.1. The molecular formula is C21H20N4O3. The molecule has 2 amide bonds. The van der Waals surface area contributed by atoms with Crippen molar-refractivity contribution in [3.63, 3.8) is 0 Å². The van der Waals surface area contributed by atoms with Gasteiger partial charge in [0.15, 0.2) is 5.69 Å². The molecule has 0 bridgehead atoms. The zero-order valence-corrected chi connectivity index (χ0v) is 15.2. The van der Waals surface area contributed by atoms with Crippen molar-refractivity contribution < 1.29 is 9.59 Å². The maximum absolute atomic E-state index is 12.8. The molecule has 142 valence electrons. The summed E-state index contributed by atoms with van der Waals surface area (Å²) in [6.45, 7) is 0. The number of amides is 2. The number of rotatable bonds is 3. The first-order valence-electron chi connectivity index (χ1n) is 9.33. The molecule has 0 saturated heterocycles. The molecule has 7 nitrogen and oxygen atoms in total. The molecular weight excluding hydrogens is 356 g/mol. The zero-order chi connectivity index (χ0) is 19.5. The average molecular weight is 376 g/mol. The molecule has 1 saturated carbocycles. The molecule has 0 spiro atoms. The third kappa shape index (κ3) is 3.38. The number of hydrogen-bond donors (Lipinski definition) is 2. The predicted molar refractivity (Wildman–Crippen MR) is 105 cm³/mol. The van der Waals surface area contributed by atoms with Crippen molar-refractivity contribution in [3.8, 4) is 5.69 Å². The largest absolute Gasteiger partial charge is 0.290 e. The summed E-state index contributed by atoms with van der Waals surface area (Å²) in [6, 6.07) is 15.7. The first-order chi connectivity index (χ1) is 13.6. The Bertz CT molecular complexity index is 1090. The van der Waals surface area contributed by atoms with Crippen LogP contribution in [-0.4, -0.2) is 21.6 Å². The van der Waals surface area contributed by atoms with Gasteiger partial charge in [-0.1, -0.05) is 49.2 Å². The summed E-state index contributed by atoms with van der Waals surface area (Å²) in [6.07, 6.45) is 3.73. The SMILES string of the molecule is O=C(NNC(=O)C1CCCC1)c1nn(-c2ccccc2)c(=O)c2ccccc12. The van der Waals surface area contributed by atoms with Crippen LogP contribution in [0.2, 0.25) is 0 Å². The fourth-order valence-electron chi connectivity index (χ4n) is 3.57. The van der Waals surface area contributed by atoms with E-state index in [9.17, 15) is 14.4 Å². The van der Waals surface area contributed by atoms with Gasteiger partial charge >= 0.3 is 0 Å². The summed E-state index contributed by atoms with van der Waals surface area (Å²) in [5, 5.41) is 5.11. The van der Waals surface area contributed by atoms with Crippen molar-refractivity contribution in [2.24, 2.45) is 5.92 Å². The Morgan fingerprint density at radius 1 is 0.893 bits per heavy atom. The molecule has 28 heavy (non-hydrogen) atoms. The van der Waals surface area contributed by atoms with Crippen molar-refractivity contribution in [1.82, 2.24) is 20.6 Å². The quantitative estimate of drug-likeness (QED) is 0.686. The smallest absolute Gasteiger partial charge is 0.273 e. The molecule has 1 aromatic heterocycles. The van der Waals surface area contributed by atoms with Crippen LogP contribution in [0.15, 0.2) is 59.4 Å². The maximum Gasteiger partial charge on any atom is 0.290 e. The van der Waals surface area contributed by atoms with E-state index in [1.165, 1.54) is 4.68 Å². The minimum Gasteiger partial charge on any atom is -0.273 e. The number of fused-ring (bicyclic) bond motifs is 1. The van der Waals surface area contributed by atoms with Gasteiger partial charge in [0.05, 0.1) is 11.1 Å².